The standard InChI is InChI=1S/C16H24N2O/c19-16-7-10-18(11-8-16)15-6-9-17(13-15)12-14-4-2-1-3-5-14/h1-5,15-16,19H,6-13H2. The van der Waals surface area contributed by atoms with E-state index in [-0.39, 0.29) is 6.10 Å². The van der Waals surface area contributed by atoms with Gasteiger partial charge in [0.1, 0.15) is 0 Å². The summed E-state index contributed by atoms with van der Waals surface area (Å²) in [7, 11) is 0. The molecule has 3 rings (SSSR count). The van der Waals surface area contributed by atoms with Crippen molar-refractivity contribution < 1.29 is 5.11 Å². The monoisotopic (exact) mass is 260 g/mol. The van der Waals surface area contributed by atoms with Gasteiger partial charge in [-0.1, -0.05) is 30.3 Å². The van der Waals surface area contributed by atoms with Gasteiger partial charge in [0.2, 0.25) is 0 Å². The van der Waals surface area contributed by atoms with Crippen LogP contribution in [-0.2, 0) is 6.54 Å². The predicted molar refractivity (Wildman–Crippen MR) is 76.9 cm³/mol. The van der Waals surface area contributed by atoms with Crippen molar-refractivity contribution in [2.75, 3.05) is 26.2 Å². The Hall–Kier alpha value is -0.900. The zero-order valence-electron chi connectivity index (χ0n) is 11.5. The average Bonchev–Trinajstić information content (AvgIpc) is 2.89. The number of rotatable bonds is 3. The van der Waals surface area contributed by atoms with E-state index in [1.54, 1.807) is 0 Å². The van der Waals surface area contributed by atoms with Crippen LogP contribution in [0, 0.1) is 0 Å². The molecule has 104 valence electrons. The molecule has 0 saturated carbocycles. The van der Waals surface area contributed by atoms with Crippen molar-refractivity contribution in [3.63, 3.8) is 0 Å². The molecular weight excluding hydrogens is 236 g/mol. The smallest absolute Gasteiger partial charge is 0.0564 e. The number of hydrogen-bond donors (Lipinski definition) is 1. The van der Waals surface area contributed by atoms with E-state index in [0.717, 1.165) is 32.5 Å². The molecule has 0 bridgehead atoms. The zero-order chi connectivity index (χ0) is 13.1. The Bertz CT molecular complexity index is 387. The van der Waals surface area contributed by atoms with Crippen molar-refractivity contribution in [1.29, 1.82) is 0 Å². The Morgan fingerprint density at radius 3 is 2.47 bits per heavy atom. The third-order valence-corrected chi connectivity index (χ3v) is 4.51. The molecule has 2 fully saturated rings. The summed E-state index contributed by atoms with van der Waals surface area (Å²) in [5.74, 6) is 0. The number of aliphatic hydroxyl groups is 1. The third-order valence-electron chi connectivity index (χ3n) is 4.51. The van der Waals surface area contributed by atoms with Crippen LogP contribution in [0.15, 0.2) is 30.3 Å². The van der Waals surface area contributed by atoms with Gasteiger partial charge in [0.05, 0.1) is 6.10 Å². The maximum Gasteiger partial charge on any atom is 0.0564 e. The van der Waals surface area contributed by atoms with Gasteiger partial charge in [-0.05, 0) is 24.8 Å². The highest BCUT2D eigenvalue weighted by atomic mass is 16.3. The van der Waals surface area contributed by atoms with Gasteiger partial charge in [0, 0.05) is 38.8 Å². The molecule has 3 nitrogen and oxygen atoms in total. The van der Waals surface area contributed by atoms with E-state index >= 15 is 0 Å². The lowest BCUT2D eigenvalue weighted by atomic mass is 10.1. The first-order valence-corrected chi connectivity index (χ1v) is 7.49. The molecule has 0 spiro atoms. The van der Waals surface area contributed by atoms with Crippen LogP contribution in [0.4, 0.5) is 0 Å². The van der Waals surface area contributed by atoms with Gasteiger partial charge < -0.3 is 5.11 Å². The number of piperidine rings is 1. The van der Waals surface area contributed by atoms with E-state index in [1.165, 1.54) is 25.1 Å². The summed E-state index contributed by atoms with van der Waals surface area (Å²) in [6, 6.07) is 11.4. The van der Waals surface area contributed by atoms with Crippen LogP contribution in [0.25, 0.3) is 0 Å². The van der Waals surface area contributed by atoms with Crippen LogP contribution in [0.2, 0.25) is 0 Å². The van der Waals surface area contributed by atoms with Gasteiger partial charge in [-0.3, -0.25) is 9.80 Å². The minimum absolute atomic E-state index is 0.0573. The Kier molecular flexibility index (Phi) is 4.16. The van der Waals surface area contributed by atoms with E-state index in [4.69, 9.17) is 0 Å². The summed E-state index contributed by atoms with van der Waals surface area (Å²) in [5, 5.41) is 9.58. The van der Waals surface area contributed by atoms with Crippen LogP contribution in [0.3, 0.4) is 0 Å². The normalized spacial score (nSPS) is 26.9. The van der Waals surface area contributed by atoms with E-state index in [2.05, 4.69) is 40.1 Å². The van der Waals surface area contributed by atoms with Crippen LogP contribution < -0.4 is 0 Å². The number of likely N-dealkylation sites (tertiary alicyclic amines) is 2. The second kappa shape index (κ2) is 6.04. The molecule has 1 unspecified atom stereocenters. The van der Waals surface area contributed by atoms with Crippen molar-refractivity contribution in [2.45, 2.75) is 38.0 Å². The maximum absolute atomic E-state index is 9.58. The van der Waals surface area contributed by atoms with Gasteiger partial charge in [-0.15, -0.1) is 0 Å². The van der Waals surface area contributed by atoms with Gasteiger partial charge in [0.15, 0.2) is 0 Å². The fourth-order valence-corrected chi connectivity index (χ4v) is 3.35. The van der Waals surface area contributed by atoms with Gasteiger partial charge in [0.25, 0.3) is 0 Å². The SMILES string of the molecule is OC1CCN(C2CCN(Cc3ccccc3)C2)CC1. The lowest BCUT2D eigenvalue weighted by Crippen LogP contribution is -2.43. The average molecular weight is 260 g/mol. The molecule has 2 heterocycles. The van der Waals surface area contributed by atoms with Gasteiger partial charge >= 0.3 is 0 Å². The zero-order valence-corrected chi connectivity index (χ0v) is 11.5. The Morgan fingerprint density at radius 2 is 1.74 bits per heavy atom. The maximum atomic E-state index is 9.58. The Morgan fingerprint density at radius 1 is 1.00 bits per heavy atom. The number of hydrogen-bond acceptors (Lipinski definition) is 3. The van der Waals surface area contributed by atoms with Crippen LogP contribution in [-0.4, -0.2) is 53.2 Å². The summed E-state index contributed by atoms with van der Waals surface area (Å²) >= 11 is 0. The molecule has 3 heteroatoms. The van der Waals surface area contributed by atoms with Gasteiger partial charge in [-0.2, -0.15) is 0 Å². The Labute approximate surface area is 115 Å². The van der Waals surface area contributed by atoms with E-state index in [9.17, 15) is 5.11 Å². The van der Waals surface area contributed by atoms with E-state index < -0.39 is 0 Å². The van der Waals surface area contributed by atoms with Crippen molar-refractivity contribution in [3.05, 3.63) is 35.9 Å². The lowest BCUT2D eigenvalue weighted by molar-refractivity contribution is 0.0621. The highest BCUT2D eigenvalue weighted by Gasteiger charge is 2.29. The quantitative estimate of drug-likeness (QED) is 0.896. The van der Waals surface area contributed by atoms with E-state index in [1.807, 2.05) is 0 Å². The molecule has 1 aromatic carbocycles. The third kappa shape index (κ3) is 3.35. The summed E-state index contributed by atoms with van der Waals surface area (Å²) in [5.41, 5.74) is 1.41. The first-order chi connectivity index (χ1) is 9.31. The molecule has 0 aliphatic carbocycles. The summed E-state index contributed by atoms with van der Waals surface area (Å²) in [6.45, 7) is 5.62. The second-order valence-corrected chi connectivity index (χ2v) is 5.93. The topological polar surface area (TPSA) is 26.7 Å². The predicted octanol–water partition coefficient (Wildman–Crippen LogP) is 1.72. The van der Waals surface area contributed by atoms with Crippen molar-refractivity contribution in [1.82, 2.24) is 9.80 Å². The van der Waals surface area contributed by atoms with Crippen molar-refractivity contribution in [2.24, 2.45) is 0 Å². The molecule has 0 aromatic heterocycles. The molecule has 1 aromatic rings. The molecule has 19 heavy (non-hydrogen) atoms. The number of benzene rings is 1. The Balaban J connectivity index is 1.50. The summed E-state index contributed by atoms with van der Waals surface area (Å²) in [6.07, 6.45) is 3.13. The minimum atomic E-state index is -0.0573. The molecular formula is C16H24N2O. The molecule has 2 aliphatic rings. The lowest BCUT2D eigenvalue weighted by Gasteiger charge is -2.34. The molecule has 2 aliphatic heterocycles. The van der Waals surface area contributed by atoms with Crippen LogP contribution in [0.1, 0.15) is 24.8 Å². The largest absolute Gasteiger partial charge is 0.393 e. The highest BCUT2D eigenvalue weighted by molar-refractivity contribution is 5.14. The van der Waals surface area contributed by atoms with Crippen LogP contribution in [0.5, 0.6) is 0 Å². The van der Waals surface area contributed by atoms with Gasteiger partial charge in [-0.25, -0.2) is 0 Å². The second-order valence-electron chi connectivity index (χ2n) is 5.93. The van der Waals surface area contributed by atoms with Crippen molar-refractivity contribution in [3.8, 4) is 0 Å². The highest BCUT2D eigenvalue weighted by Crippen LogP contribution is 2.21. The first kappa shape index (κ1) is 13.1. The molecule has 2 saturated heterocycles. The fraction of sp³-hybridized carbons (Fsp3) is 0.625. The molecule has 1 N–H and O–H groups in total. The molecule has 0 radical (unpaired) electrons. The first-order valence-electron chi connectivity index (χ1n) is 7.49. The summed E-state index contributed by atoms with van der Waals surface area (Å²) in [4.78, 5) is 5.14. The van der Waals surface area contributed by atoms with Crippen LogP contribution >= 0.6 is 0 Å². The minimum Gasteiger partial charge on any atom is -0.393 e. The molecule has 0 amide bonds. The van der Waals surface area contributed by atoms with Crippen molar-refractivity contribution >= 4 is 0 Å². The van der Waals surface area contributed by atoms with E-state index in [0.29, 0.717) is 6.04 Å². The number of aliphatic hydroxyl groups excluding tert-OH is 1. The fourth-order valence-electron chi connectivity index (χ4n) is 3.35. The number of nitrogens with zero attached hydrogens (tertiary/aromatic N) is 2. The molecule has 1 atom stereocenters. The summed E-state index contributed by atoms with van der Waals surface area (Å²) < 4.78 is 0.